The normalized spacial score (nSPS) is 16.9. The zero-order valence-electron chi connectivity index (χ0n) is 16.0. The third kappa shape index (κ3) is 3.28. The number of carbonyl (C=O) groups excluding carboxylic acids is 1. The molecule has 0 atom stereocenters. The van der Waals surface area contributed by atoms with Gasteiger partial charge in [0.2, 0.25) is 5.78 Å². The minimum Gasteiger partial charge on any atom is -0.478 e. The van der Waals surface area contributed by atoms with E-state index < -0.39 is 0 Å². The molecule has 0 spiro atoms. The van der Waals surface area contributed by atoms with Crippen molar-refractivity contribution >= 4 is 11.9 Å². The van der Waals surface area contributed by atoms with Crippen molar-refractivity contribution in [2.24, 2.45) is 0 Å². The van der Waals surface area contributed by atoms with Crippen LogP contribution in [0.4, 0.5) is 0 Å². The van der Waals surface area contributed by atoms with Gasteiger partial charge in [-0.1, -0.05) is 6.07 Å². The maximum Gasteiger partial charge on any atom is 0.232 e. The fourth-order valence-electron chi connectivity index (χ4n) is 3.74. The first kappa shape index (κ1) is 17.6. The summed E-state index contributed by atoms with van der Waals surface area (Å²) in [7, 11) is 0. The van der Waals surface area contributed by atoms with Gasteiger partial charge < -0.3 is 9.47 Å². The monoisotopic (exact) mass is 385 g/mol. The molecule has 3 aromatic rings. The quantitative estimate of drug-likeness (QED) is 0.640. The lowest BCUT2D eigenvalue weighted by atomic mass is 9.98. The molecule has 6 heteroatoms. The van der Waals surface area contributed by atoms with Gasteiger partial charge in [-0.05, 0) is 54.0 Å². The van der Waals surface area contributed by atoms with E-state index in [0.29, 0.717) is 30.3 Å². The van der Waals surface area contributed by atoms with E-state index in [2.05, 4.69) is 14.9 Å². The highest BCUT2D eigenvalue weighted by molar-refractivity contribution is 6.15. The fraction of sp³-hybridized carbons (Fsp3) is 0.174. The van der Waals surface area contributed by atoms with Gasteiger partial charge in [0.05, 0.1) is 11.1 Å². The number of ketones is 1. The second-order valence-electron chi connectivity index (χ2n) is 7.22. The van der Waals surface area contributed by atoms with E-state index in [9.17, 15) is 4.79 Å². The van der Waals surface area contributed by atoms with Gasteiger partial charge in [-0.2, -0.15) is 0 Å². The molecule has 0 bridgehead atoms. The smallest absolute Gasteiger partial charge is 0.232 e. The number of pyridine rings is 2. The lowest BCUT2D eigenvalue weighted by Crippen LogP contribution is -2.31. The Morgan fingerprint density at radius 1 is 1.17 bits per heavy atom. The van der Waals surface area contributed by atoms with E-state index >= 15 is 0 Å². The topological polar surface area (TPSA) is 64.5 Å². The molecule has 0 amide bonds. The maximum absolute atomic E-state index is 13.0. The van der Waals surface area contributed by atoms with Gasteiger partial charge in [-0.15, -0.1) is 0 Å². The van der Waals surface area contributed by atoms with Gasteiger partial charge in [0.25, 0.3) is 0 Å². The van der Waals surface area contributed by atoms with Gasteiger partial charge in [0.15, 0.2) is 5.76 Å². The average molecular weight is 385 g/mol. The Bertz CT molecular complexity index is 1110. The molecule has 2 aliphatic heterocycles. The minimum absolute atomic E-state index is 0.101. The first-order valence-corrected chi connectivity index (χ1v) is 9.44. The molecule has 0 saturated heterocycles. The Morgan fingerprint density at radius 2 is 2.03 bits per heavy atom. The third-order valence-corrected chi connectivity index (χ3v) is 5.13. The molecule has 0 N–H and O–H groups in total. The molecule has 2 aromatic heterocycles. The number of hydrogen-bond donors (Lipinski definition) is 0. The molecule has 1 aromatic carbocycles. The summed E-state index contributed by atoms with van der Waals surface area (Å²) in [5, 5.41) is 0. The molecule has 0 radical (unpaired) electrons. The van der Waals surface area contributed by atoms with E-state index in [1.165, 1.54) is 0 Å². The molecule has 144 valence electrons. The van der Waals surface area contributed by atoms with Gasteiger partial charge in [0.1, 0.15) is 18.2 Å². The third-order valence-electron chi connectivity index (χ3n) is 5.13. The van der Waals surface area contributed by atoms with Crippen molar-refractivity contribution in [3.8, 4) is 11.5 Å². The van der Waals surface area contributed by atoms with Crippen LogP contribution in [-0.4, -0.2) is 27.4 Å². The minimum atomic E-state index is -0.101. The van der Waals surface area contributed by atoms with E-state index in [0.717, 1.165) is 34.5 Å². The Labute approximate surface area is 168 Å². The SMILES string of the molecule is Cc1cc2c(c3c1C(=O)/C(=C/c1cccnc1)O3)CN(Cc1ccncc1)CO2. The molecule has 0 unspecified atom stereocenters. The van der Waals surface area contributed by atoms with Crippen molar-refractivity contribution in [1.29, 1.82) is 0 Å². The summed E-state index contributed by atoms with van der Waals surface area (Å²) in [6, 6.07) is 9.64. The van der Waals surface area contributed by atoms with Crippen LogP contribution in [0, 0.1) is 6.92 Å². The number of carbonyl (C=O) groups is 1. The van der Waals surface area contributed by atoms with E-state index in [4.69, 9.17) is 9.47 Å². The summed E-state index contributed by atoms with van der Waals surface area (Å²) in [4.78, 5) is 23.3. The summed E-state index contributed by atoms with van der Waals surface area (Å²) in [6.45, 7) is 3.78. The van der Waals surface area contributed by atoms with Crippen LogP contribution >= 0.6 is 0 Å². The molecule has 29 heavy (non-hydrogen) atoms. The number of Topliss-reactive ketones (excluding diaryl/α,β-unsaturated/α-hetero) is 1. The van der Waals surface area contributed by atoms with Crippen molar-refractivity contribution in [3.63, 3.8) is 0 Å². The highest BCUT2D eigenvalue weighted by Gasteiger charge is 2.35. The van der Waals surface area contributed by atoms with Crippen LogP contribution < -0.4 is 9.47 Å². The molecular weight excluding hydrogens is 366 g/mol. The van der Waals surface area contributed by atoms with Crippen LogP contribution in [-0.2, 0) is 13.1 Å². The lowest BCUT2D eigenvalue weighted by molar-refractivity contribution is 0.0872. The highest BCUT2D eigenvalue weighted by atomic mass is 16.5. The van der Waals surface area contributed by atoms with Crippen molar-refractivity contribution in [2.75, 3.05) is 6.73 Å². The largest absolute Gasteiger partial charge is 0.478 e. The lowest BCUT2D eigenvalue weighted by Gasteiger charge is -2.30. The number of benzene rings is 1. The summed E-state index contributed by atoms with van der Waals surface area (Å²) in [5.41, 5.74) is 4.37. The second kappa shape index (κ2) is 7.14. The number of nitrogens with zero attached hydrogens (tertiary/aromatic N) is 3. The fourth-order valence-corrected chi connectivity index (χ4v) is 3.74. The van der Waals surface area contributed by atoms with Crippen molar-refractivity contribution in [1.82, 2.24) is 14.9 Å². The van der Waals surface area contributed by atoms with Gasteiger partial charge >= 0.3 is 0 Å². The van der Waals surface area contributed by atoms with E-state index in [-0.39, 0.29) is 5.78 Å². The van der Waals surface area contributed by atoms with E-state index in [1.807, 2.05) is 37.3 Å². The molecule has 2 aliphatic rings. The first-order valence-electron chi connectivity index (χ1n) is 9.44. The molecule has 5 rings (SSSR count). The molecule has 0 aliphatic carbocycles. The number of allylic oxidation sites excluding steroid dienone is 1. The van der Waals surface area contributed by atoms with Crippen LogP contribution in [0.2, 0.25) is 0 Å². The summed E-state index contributed by atoms with van der Waals surface area (Å²) >= 11 is 0. The van der Waals surface area contributed by atoms with Crippen molar-refractivity contribution in [2.45, 2.75) is 20.0 Å². The Morgan fingerprint density at radius 3 is 2.83 bits per heavy atom. The summed E-state index contributed by atoms with van der Waals surface area (Å²) < 4.78 is 12.1. The van der Waals surface area contributed by atoms with Crippen LogP contribution in [0.1, 0.15) is 32.6 Å². The van der Waals surface area contributed by atoms with Crippen molar-refractivity contribution in [3.05, 3.63) is 88.7 Å². The summed E-state index contributed by atoms with van der Waals surface area (Å²) in [5.74, 6) is 1.60. The number of fused-ring (bicyclic) bond motifs is 3. The zero-order valence-corrected chi connectivity index (χ0v) is 16.0. The number of aromatic nitrogens is 2. The number of hydrogen-bond acceptors (Lipinski definition) is 6. The van der Waals surface area contributed by atoms with Crippen LogP contribution in [0.25, 0.3) is 6.08 Å². The molecule has 6 nitrogen and oxygen atoms in total. The predicted molar refractivity (Wildman–Crippen MR) is 107 cm³/mol. The van der Waals surface area contributed by atoms with Crippen LogP contribution in [0.15, 0.2) is 60.9 Å². The standard InChI is InChI=1S/C23H19N3O3/c1-15-9-19-18(13-26(14-28-19)12-16-4-7-24-8-5-16)23-21(15)22(27)20(29-23)10-17-3-2-6-25-11-17/h2-11H,12-14H2,1H3/b20-10-. The Hall–Kier alpha value is -3.51. The maximum atomic E-state index is 13.0. The summed E-state index contributed by atoms with van der Waals surface area (Å²) in [6.07, 6.45) is 8.70. The predicted octanol–water partition coefficient (Wildman–Crippen LogP) is 3.75. The van der Waals surface area contributed by atoms with Gasteiger partial charge in [-0.3, -0.25) is 19.7 Å². The highest BCUT2D eigenvalue weighted by Crippen LogP contribution is 2.44. The average Bonchev–Trinajstić information content (AvgIpc) is 3.07. The Balaban J connectivity index is 1.48. The van der Waals surface area contributed by atoms with E-state index in [1.54, 1.807) is 30.9 Å². The van der Waals surface area contributed by atoms with Crippen molar-refractivity contribution < 1.29 is 14.3 Å². The van der Waals surface area contributed by atoms with Gasteiger partial charge in [-0.25, -0.2) is 0 Å². The number of ether oxygens (including phenoxy) is 2. The number of rotatable bonds is 3. The molecule has 4 heterocycles. The Kier molecular flexibility index (Phi) is 4.33. The zero-order chi connectivity index (χ0) is 19.8. The molecule has 0 fully saturated rings. The van der Waals surface area contributed by atoms with Gasteiger partial charge in [0, 0.05) is 37.9 Å². The first-order chi connectivity index (χ1) is 14.2. The van der Waals surface area contributed by atoms with Crippen LogP contribution in [0.5, 0.6) is 11.5 Å². The second-order valence-corrected chi connectivity index (χ2v) is 7.22. The molecule has 0 saturated carbocycles. The number of aryl methyl sites for hydroxylation is 1. The van der Waals surface area contributed by atoms with Crippen LogP contribution in [0.3, 0.4) is 0 Å². The molecular formula is C23H19N3O3.